The van der Waals surface area contributed by atoms with E-state index in [4.69, 9.17) is 5.73 Å². The summed E-state index contributed by atoms with van der Waals surface area (Å²) in [6.07, 6.45) is 0. The lowest BCUT2D eigenvalue weighted by atomic mass is 9.87. The largest absolute Gasteiger partial charge is 0.365 e. The molecule has 0 spiro atoms. The van der Waals surface area contributed by atoms with Crippen LogP contribution in [0.5, 0.6) is 0 Å². The average Bonchev–Trinajstić information content (AvgIpc) is 2.32. The normalized spacial score (nSPS) is 12.6. The van der Waals surface area contributed by atoms with Crippen molar-refractivity contribution in [1.82, 2.24) is 0 Å². The van der Waals surface area contributed by atoms with Crippen molar-refractivity contribution in [3.05, 3.63) is 29.8 Å². The molecular formula is C17H32N3+. The number of anilines is 1. The van der Waals surface area contributed by atoms with Gasteiger partial charge in [-0.15, -0.1) is 0 Å². The summed E-state index contributed by atoms with van der Waals surface area (Å²) in [7, 11) is 6.68. The van der Waals surface area contributed by atoms with Crippen molar-refractivity contribution in [3.63, 3.8) is 0 Å². The Morgan fingerprint density at radius 2 is 1.55 bits per heavy atom. The first kappa shape index (κ1) is 17.0. The number of hydrogen-bond donors (Lipinski definition) is 1. The minimum absolute atomic E-state index is 0.208. The third kappa shape index (κ3) is 5.51. The minimum atomic E-state index is 0.208. The van der Waals surface area contributed by atoms with Gasteiger partial charge in [0.05, 0.1) is 34.2 Å². The molecule has 0 atom stereocenters. The van der Waals surface area contributed by atoms with E-state index in [1.54, 1.807) is 0 Å². The highest BCUT2D eigenvalue weighted by atomic mass is 15.3. The Kier molecular flexibility index (Phi) is 5.60. The van der Waals surface area contributed by atoms with E-state index in [0.717, 1.165) is 24.1 Å². The SMILES string of the molecule is CC(C)(C)c1ccc(N(CCN)CC[N+](C)(C)C)cc1. The molecule has 0 amide bonds. The number of quaternary nitrogens is 1. The molecule has 0 aliphatic rings. The van der Waals surface area contributed by atoms with Gasteiger partial charge in [0.25, 0.3) is 0 Å². The fraction of sp³-hybridized carbons (Fsp3) is 0.647. The van der Waals surface area contributed by atoms with Gasteiger partial charge >= 0.3 is 0 Å². The summed E-state index contributed by atoms with van der Waals surface area (Å²) >= 11 is 0. The second-order valence-corrected chi connectivity index (χ2v) is 7.59. The summed E-state index contributed by atoms with van der Waals surface area (Å²) < 4.78 is 0.973. The zero-order chi connectivity index (χ0) is 15.4. The van der Waals surface area contributed by atoms with E-state index in [2.05, 4.69) is 71.1 Å². The number of hydrogen-bond acceptors (Lipinski definition) is 2. The van der Waals surface area contributed by atoms with Crippen LogP contribution in [0.15, 0.2) is 24.3 Å². The first-order valence-electron chi connectivity index (χ1n) is 7.49. The van der Waals surface area contributed by atoms with E-state index >= 15 is 0 Å². The van der Waals surface area contributed by atoms with E-state index in [0.29, 0.717) is 6.54 Å². The topological polar surface area (TPSA) is 29.3 Å². The van der Waals surface area contributed by atoms with Crippen molar-refractivity contribution in [1.29, 1.82) is 0 Å². The summed E-state index contributed by atoms with van der Waals surface area (Å²) in [5, 5.41) is 0. The Labute approximate surface area is 125 Å². The van der Waals surface area contributed by atoms with Gasteiger partial charge in [0, 0.05) is 18.8 Å². The van der Waals surface area contributed by atoms with Gasteiger partial charge in [-0.25, -0.2) is 0 Å². The van der Waals surface area contributed by atoms with Crippen molar-refractivity contribution in [3.8, 4) is 0 Å². The Balaban J connectivity index is 2.81. The monoisotopic (exact) mass is 278 g/mol. The highest BCUT2D eigenvalue weighted by molar-refractivity contribution is 5.48. The van der Waals surface area contributed by atoms with E-state index in [-0.39, 0.29) is 5.41 Å². The van der Waals surface area contributed by atoms with Crippen molar-refractivity contribution in [2.24, 2.45) is 5.73 Å². The minimum Gasteiger partial charge on any atom is -0.365 e. The van der Waals surface area contributed by atoms with Gasteiger partial charge in [-0.05, 0) is 23.1 Å². The number of benzene rings is 1. The molecule has 0 aliphatic heterocycles. The molecule has 3 nitrogen and oxygen atoms in total. The van der Waals surface area contributed by atoms with Crippen LogP contribution in [0.25, 0.3) is 0 Å². The highest BCUT2D eigenvalue weighted by Gasteiger charge is 2.15. The van der Waals surface area contributed by atoms with Crippen LogP contribution >= 0.6 is 0 Å². The summed E-state index contributed by atoms with van der Waals surface area (Å²) in [5.74, 6) is 0. The van der Waals surface area contributed by atoms with Crippen molar-refractivity contribution < 1.29 is 4.48 Å². The molecular weight excluding hydrogens is 246 g/mol. The van der Waals surface area contributed by atoms with Gasteiger partial charge in [-0.2, -0.15) is 0 Å². The van der Waals surface area contributed by atoms with Crippen LogP contribution in [0.1, 0.15) is 26.3 Å². The molecule has 1 aromatic carbocycles. The maximum atomic E-state index is 5.76. The van der Waals surface area contributed by atoms with E-state index in [1.807, 2.05) is 0 Å². The fourth-order valence-electron chi connectivity index (χ4n) is 2.12. The first-order chi connectivity index (χ1) is 9.13. The summed E-state index contributed by atoms with van der Waals surface area (Å²) in [5.41, 5.74) is 8.62. The molecule has 0 radical (unpaired) electrons. The fourth-order valence-corrected chi connectivity index (χ4v) is 2.12. The van der Waals surface area contributed by atoms with Gasteiger partial charge in [-0.3, -0.25) is 0 Å². The zero-order valence-electron chi connectivity index (χ0n) is 14.1. The van der Waals surface area contributed by atoms with Crippen molar-refractivity contribution >= 4 is 5.69 Å². The van der Waals surface area contributed by atoms with Crippen LogP contribution in [0, 0.1) is 0 Å². The molecule has 0 aliphatic carbocycles. The Bertz CT molecular complexity index is 396. The quantitative estimate of drug-likeness (QED) is 0.810. The molecule has 0 saturated heterocycles. The molecule has 0 fully saturated rings. The van der Waals surface area contributed by atoms with Gasteiger partial charge in [0.2, 0.25) is 0 Å². The molecule has 20 heavy (non-hydrogen) atoms. The number of nitrogens with zero attached hydrogens (tertiary/aromatic N) is 2. The van der Waals surface area contributed by atoms with Gasteiger partial charge in [0.15, 0.2) is 0 Å². The molecule has 0 bridgehead atoms. The third-order valence-corrected chi connectivity index (χ3v) is 3.54. The summed E-state index contributed by atoms with van der Waals surface area (Å²) in [6, 6.07) is 8.94. The predicted octanol–water partition coefficient (Wildman–Crippen LogP) is 2.46. The molecule has 114 valence electrons. The molecule has 1 rings (SSSR count). The average molecular weight is 278 g/mol. The summed E-state index contributed by atoms with van der Waals surface area (Å²) in [6.45, 7) is 10.5. The van der Waals surface area contributed by atoms with Gasteiger partial charge in [-0.1, -0.05) is 32.9 Å². The van der Waals surface area contributed by atoms with E-state index in [1.165, 1.54) is 11.3 Å². The zero-order valence-corrected chi connectivity index (χ0v) is 14.1. The van der Waals surface area contributed by atoms with Gasteiger partial charge < -0.3 is 15.1 Å². The highest BCUT2D eigenvalue weighted by Crippen LogP contribution is 2.24. The second-order valence-electron chi connectivity index (χ2n) is 7.59. The predicted molar refractivity (Wildman–Crippen MR) is 89.3 cm³/mol. The number of rotatable bonds is 6. The molecule has 3 heteroatoms. The lowest BCUT2D eigenvalue weighted by Gasteiger charge is -2.30. The molecule has 0 aromatic heterocycles. The van der Waals surface area contributed by atoms with E-state index in [9.17, 15) is 0 Å². The second kappa shape index (κ2) is 6.59. The van der Waals surface area contributed by atoms with Crippen molar-refractivity contribution in [2.45, 2.75) is 26.2 Å². The Morgan fingerprint density at radius 3 is 1.95 bits per heavy atom. The third-order valence-electron chi connectivity index (χ3n) is 3.54. The Hall–Kier alpha value is -1.06. The van der Waals surface area contributed by atoms with Gasteiger partial charge in [0.1, 0.15) is 0 Å². The lowest BCUT2D eigenvalue weighted by Crippen LogP contribution is -2.43. The maximum absolute atomic E-state index is 5.76. The molecule has 2 N–H and O–H groups in total. The van der Waals surface area contributed by atoms with Crippen LogP contribution in [-0.4, -0.2) is 51.8 Å². The standard InChI is InChI=1S/C17H32N3/c1-17(2,3)15-7-9-16(10-8-15)19(12-11-18)13-14-20(4,5)6/h7-10H,11-14,18H2,1-6H3/q+1. The molecule has 0 heterocycles. The van der Waals surface area contributed by atoms with Crippen LogP contribution < -0.4 is 10.6 Å². The van der Waals surface area contributed by atoms with Crippen molar-refractivity contribution in [2.75, 3.05) is 52.2 Å². The number of likely N-dealkylation sites (N-methyl/N-ethyl adjacent to an activating group) is 1. The Morgan fingerprint density at radius 1 is 1.00 bits per heavy atom. The maximum Gasteiger partial charge on any atom is 0.0958 e. The first-order valence-corrected chi connectivity index (χ1v) is 7.49. The summed E-state index contributed by atoms with van der Waals surface area (Å²) in [4.78, 5) is 2.38. The number of nitrogens with two attached hydrogens (primary N) is 1. The molecule has 0 saturated carbocycles. The van der Waals surface area contributed by atoms with Crippen LogP contribution in [0.3, 0.4) is 0 Å². The van der Waals surface area contributed by atoms with Crippen LogP contribution in [0.2, 0.25) is 0 Å². The lowest BCUT2D eigenvalue weighted by molar-refractivity contribution is -0.868. The molecule has 0 unspecified atom stereocenters. The molecule has 1 aromatic rings. The van der Waals surface area contributed by atoms with Crippen LogP contribution in [-0.2, 0) is 5.41 Å². The smallest absolute Gasteiger partial charge is 0.0958 e. The van der Waals surface area contributed by atoms with Crippen LogP contribution in [0.4, 0.5) is 5.69 Å². The van der Waals surface area contributed by atoms with E-state index < -0.39 is 0 Å².